The second-order valence-corrected chi connectivity index (χ2v) is 10.3. The predicted octanol–water partition coefficient (Wildman–Crippen LogP) is 1.48. The maximum atomic E-state index is 13.3. The van der Waals surface area contributed by atoms with Crippen molar-refractivity contribution in [3.63, 3.8) is 0 Å². The van der Waals surface area contributed by atoms with Crippen LogP contribution in [0.15, 0.2) is 6.07 Å². The van der Waals surface area contributed by atoms with E-state index in [4.69, 9.17) is 0 Å². The fourth-order valence-electron chi connectivity index (χ4n) is 6.19. The number of nitrogens with zero attached hydrogens (tertiary/aromatic N) is 6. The molecule has 4 aliphatic rings. The molecular formula is C23H36N6O. The molecule has 0 aromatic carbocycles. The number of amides is 1. The third-order valence-electron chi connectivity index (χ3n) is 7.96. The normalized spacial score (nSPS) is 31.9. The predicted molar refractivity (Wildman–Crippen MR) is 117 cm³/mol. The van der Waals surface area contributed by atoms with E-state index in [2.05, 4.69) is 57.0 Å². The Kier molecular flexibility index (Phi) is 5.44. The second-order valence-electron chi connectivity index (χ2n) is 10.3. The highest BCUT2D eigenvalue weighted by Crippen LogP contribution is 2.34. The lowest BCUT2D eigenvalue weighted by molar-refractivity contribution is -0.138. The summed E-state index contributed by atoms with van der Waals surface area (Å²) in [7, 11) is 6.50. The number of likely N-dealkylation sites (tertiary alicyclic amines) is 1. The van der Waals surface area contributed by atoms with Crippen LogP contribution in [0.2, 0.25) is 0 Å². The minimum absolute atomic E-state index is 0.178. The smallest absolute Gasteiger partial charge is 0.226 e. The van der Waals surface area contributed by atoms with Crippen molar-refractivity contribution < 1.29 is 4.79 Å². The number of hydrogen-bond acceptors (Lipinski definition) is 6. The van der Waals surface area contributed by atoms with Gasteiger partial charge in [-0.2, -0.15) is 5.10 Å². The molecule has 0 N–H and O–H groups in total. The molecule has 3 fully saturated rings. The van der Waals surface area contributed by atoms with E-state index >= 15 is 0 Å². The van der Waals surface area contributed by atoms with Crippen LogP contribution < -0.4 is 4.90 Å². The van der Waals surface area contributed by atoms with Crippen molar-refractivity contribution in [3.05, 3.63) is 17.3 Å². The number of anilines is 1. The lowest BCUT2D eigenvalue weighted by atomic mass is 9.84. The molecule has 1 saturated carbocycles. The lowest BCUT2D eigenvalue weighted by Crippen LogP contribution is -2.44. The summed E-state index contributed by atoms with van der Waals surface area (Å²) >= 11 is 0. The average Bonchev–Trinajstić information content (AvgIpc) is 3.30. The van der Waals surface area contributed by atoms with Gasteiger partial charge in [0.25, 0.3) is 0 Å². The van der Waals surface area contributed by atoms with Crippen LogP contribution in [0.1, 0.15) is 36.9 Å². The summed E-state index contributed by atoms with van der Waals surface area (Å²) in [6, 6.07) is 2.76. The third-order valence-corrected chi connectivity index (χ3v) is 7.96. The fourth-order valence-corrected chi connectivity index (χ4v) is 6.19. The van der Waals surface area contributed by atoms with Gasteiger partial charge in [-0.1, -0.05) is 6.42 Å². The van der Waals surface area contributed by atoms with E-state index in [9.17, 15) is 4.79 Å². The molecule has 1 aromatic heterocycles. The van der Waals surface area contributed by atoms with Gasteiger partial charge in [-0.25, -0.2) is 0 Å². The van der Waals surface area contributed by atoms with Gasteiger partial charge in [-0.3, -0.25) is 4.79 Å². The lowest BCUT2D eigenvalue weighted by Gasteiger charge is -2.36. The van der Waals surface area contributed by atoms with E-state index in [0.29, 0.717) is 18.5 Å². The van der Waals surface area contributed by atoms with E-state index in [1.807, 2.05) is 0 Å². The Labute approximate surface area is 180 Å². The molecule has 4 heterocycles. The summed E-state index contributed by atoms with van der Waals surface area (Å²) < 4.78 is 0. The van der Waals surface area contributed by atoms with Crippen molar-refractivity contribution >= 4 is 11.7 Å². The zero-order valence-electron chi connectivity index (χ0n) is 18.8. The summed E-state index contributed by atoms with van der Waals surface area (Å²) in [6.45, 7) is 6.03. The van der Waals surface area contributed by atoms with Gasteiger partial charge in [0, 0.05) is 57.6 Å². The summed E-state index contributed by atoms with van der Waals surface area (Å²) in [4.78, 5) is 22.5. The SMILES string of the molecule is CN1C[C@@H]2CN(c3cc4c(nn3)CCN(C(=O)C3CCCC(N(C)C)C3)C4)C[C@@H]2C1. The van der Waals surface area contributed by atoms with Crippen molar-refractivity contribution in [3.8, 4) is 0 Å². The first-order chi connectivity index (χ1) is 14.5. The largest absolute Gasteiger partial charge is 0.354 e. The van der Waals surface area contributed by atoms with Crippen LogP contribution >= 0.6 is 0 Å². The van der Waals surface area contributed by atoms with Gasteiger partial charge in [-0.05, 0) is 63.9 Å². The molecule has 7 nitrogen and oxygen atoms in total. The zero-order valence-corrected chi connectivity index (χ0v) is 18.8. The van der Waals surface area contributed by atoms with Crippen LogP contribution in [-0.2, 0) is 17.8 Å². The molecule has 4 atom stereocenters. The summed E-state index contributed by atoms with van der Waals surface area (Å²) in [6.07, 6.45) is 5.24. The Morgan fingerprint density at radius 2 is 1.87 bits per heavy atom. The van der Waals surface area contributed by atoms with Gasteiger partial charge in [-0.15, -0.1) is 5.10 Å². The standard InChI is InChI=1S/C23H36N6O/c1-26(2)20-6-4-5-16(9-20)23(30)28-8-7-21-17(13-28)10-22(25-24-21)29-14-18-11-27(3)12-19(18)15-29/h10,16,18-20H,4-9,11-15H2,1-3H3/t16?,18-,19+,20?. The number of fused-ring (bicyclic) bond motifs is 2. The highest BCUT2D eigenvalue weighted by Gasteiger charge is 2.39. The Hall–Kier alpha value is -1.73. The summed E-state index contributed by atoms with van der Waals surface area (Å²) in [5, 5.41) is 9.13. The monoisotopic (exact) mass is 412 g/mol. The van der Waals surface area contributed by atoms with E-state index < -0.39 is 0 Å². The van der Waals surface area contributed by atoms with Gasteiger partial charge < -0.3 is 19.6 Å². The Balaban J connectivity index is 1.26. The van der Waals surface area contributed by atoms with Crippen molar-refractivity contribution in [2.24, 2.45) is 17.8 Å². The zero-order chi connectivity index (χ0) is 20.8. The molecule has 1 aromatic rings. The van der Waals surface area contributed by atoms with E-state index in [0.717, 1.165) is 68.7 Å². The second kappa shape index (κ2) is 8.08. The molecule has 2 unspecified atom stereocenters. The Bertz CT molecular complexity index is 784. The quantitative estimate of drug-likeness (QED) is 0.750. The minimum Gasteiger partial charge on any atom is -0.354 e. The molecule has 0 radical (unpaired) electrons. The first-order valence-corrected chi connectivity index (χ1v) is 11.7. The topological polar surface area (TPSA) is 55.8 Å². The molecule has 164 valence electrons. The molecule has 0 spiro atoms. The van der Waals surface area contributed by atoms with Gasteiger partial charge in [0.1, 0.15) is 0 Å². The highest BCUT2D eigenvalue weighted by atomic mass is 16.2. The van der Waals surface area contributed by atoms with Gasteiger partial charge in [0.05, 0.1) is 5.69 Å². The maximum absolute atomic E-state index is 13.3. The number of carbonyl (C=O) groups excluding carboxylic acids is 1. The number of carbonyl (C=O) groups is 1. The highest BCUT2D eigenvalue weighted by molar-refractivity contribution is 5.79. The first kappa shape index (κ1) is 20.2. The molecule has 2 saturated heterocycles. The van der Waals surface area contributed by atoms with E-state index in [1.54, 1.807) is 0 Å². The molecule has 1 amide bonds. The average molecular weight is 413 g/mol. The fraction of sp³-hybridized carbons (Fsp3) is 0.783. The van der Waals surface area contributed by atoms with Crippen LogP contribution in [0.25, 0.3) is 0 Å². The van der Waals surface area contributed by atoms with Crippen molar-refractivity contribution in [2.75, 3.05) is 58.8 Å². The third kappa shape index (κ3) is 3.82. The number of aromatic nitrogens is 2. The van der Waals surface area contributed by atoms with Crippen molar-refractivity contribution in [2.45, 2.75) is 44.7 Å². The van der Waals surface area contributed by atoms with Crippen LogP contribution in [-0.4, -0.2) is 90.7 Å². The van der Waals surface area contributed by atoms with Crippen LogP contribution in [0, 0.1) is 17.8 Å². The van der Waals surface area contributed by atoms with E-state index in [-0.39, 0.29) is 5.92 Å². The van der Waals surface area contributed by atoms with Crippen molar-refractivity contribution in [1.29, 1.82) is 0 Å². The van der Waals surface area contributed by atoms with Gasteiger partial charge in [0.15, 0.2) is 5.82 Å². The molecular weight excluding hydrogens is 376 g/mol. The minimum atomic E-state index is 0.178. The Morgan fingerprint density at radius 3 is 2.60 bits per heavy atom. The van der Waals surface area contributed by atoms with Gasteiger partial charge in [0.2, 0.25) is 5.91 Å². The molecule has 0 bridgehead atoms. The maximum Gasteiger partial charge on any atom is 0.226 e. The van der Waals surface area contributed by atoms with Crippen molar-refractivity contribution in [1.82, 2.24) is 24.9 Å². The van der Waals surface area contributed by atoms with Crippen LogP contribution in [0.4, 0.5) is 5.82 Å². The van der Waals surface area contributed by atoms with Crippen LogP contribution in [0.5, 0.6) is 0 Å². The molecule has 3 aliphatic heterocycles. The first-order valence-electron chi connectivity index (χ1n) is 11.7. The summed E-state index contributed by atoms with van der Waals surface area (Å²) in [5.41, 5.74) is 2.28. The Morgan fingerprint density at radius 1 is 1.10 bits per heavy atom. The molecule has 1 aliphatic carbocycles. The van der Waals surface area contributed by atoms with E-state index in [1.165, 1.54) is 25.1 Å². The molecule has 7 heteroatoms. The summed E-state index contributed by atoms with van der Waals surface area (Å²) in [5.74, 6) is 3.04. The molecule has 5 rings (SSSR count). The van der Waals surface area contributed by atoms with Gasteiger partial charge >= 0.3 is 0 Å². The number of rotatable bonds is 3. The van der Waals surface area contributed by atoms with Crippen LogP contribution in [0.3, 0.4) is 0 Å². The molecule has 30 heavy (non-hydrogen) atoms. The number of hydrogen-bond donors (Lipinski definition) is 0.